The molecule has 5 nitrogen and oxygen atoms in total. The van der Waals surface area contributed by atoms with Crippen LogP contribution in [0, 0.1) is 11.7 Å². The number of hydrogen-bond acceptors (Lipinski definition) is 4. The summed E-state index contributed by atoms with van der Waals surface area (Å²) >= 11 is 0. The first-order valence-electron chi connectivity index (χ1n) is 11.1. The number of benzene rings is 2. The third kappa shape index (κ3) is 2.93. The molecular formula is C26H25FN4O. The molecule has 1 aliphatic carbocycles. The molecular weight excluding hydrogens is 403 g/mol. The Bertz CT molecular complexity index is 1260. The normalized spacial score (nSPS) is 24.1. The van der Waals surface area contributed by atoms with Gasteiger partial charge in [0, 0.05) is 53.5 Å². The van der Waals surface area contributed by atoms with Crippen LogP contribution in [-0.4, -0.2) is 42.5 Å². The Morgan fingerprint density at radius 1 is 1.12 bits per heavy atom. The maximum Gasteiger partial charge on any atom is 0.251 e. The molecule has 1 saturated carbocycles. The molecule has 3 aliphatic rings. The number of amides is 1. The molecule has 162 valence electrons. The number of pyridine rings is 1. The predicted molar refractivity (Wildman–Crippen MR) is 123 cm³/mol. The first kappa shape index (κ1) is 19.4. The fourth-order valence-electron chi connectivity index (χ4n) is 5.67. The van der Waals surface area contributed by atoms with Crippen LogP contribution in [0.4, 0.5) is 10.2 Å². The number of halogens is 1. The molecule has 0 spiro atoms. The third-order valence-electron chi connectivity index (χ3n) is 7.44. The minimum atomic E-state index is -0.467. The highest BCUT2D eigenvalue weighted by molar-refractivity contribution is 5.97. The van der Waals surface area contributed by atoms with Crippen molar-refractivity contribution in [3.05, 3.63) is 71.2 Å². The molecule has 2 aliphatic heterocycles. The van der Waals surface area contributed by atoms with Crippen molar-refractivity contribution in [2.45, 2.75) is 18.3 Å². The summed E-state index contributed by atoms with van der Waals surface area (Å²) in [6, 6.07) is 13.7. The number of carbonyl (C=O) groups is 1. The third-order valence-corrected chi connectivity index (χ3v) is 7.44. The van der Waals surface area contributed by atoms with Crippen molar-refractivity contribution >= 4 is 11.7 Å². The zero-order valence-corrected chi connectivity index (χ0v) is 18.0. The van der Waals surface area contributed by atoms with E-state index in [0.717, 1.165) is 29.2 Å². The number of nitrogens with zero attached hydrogens (tertiary/aromatic N) is 2. The number of likely N-dealkylation sites (N-methyl/N-ethyl adjacent to an activating group) is 1. The zero-order valence-electron chi connectivity index (χ0n) is 18.0. The number of hydrogen-bond donors (Lipinski definition) is 2. The van der Waals surface area contributed by atoms with Gasteiger partial charge in [-0.15, -0.1) is 0 Å². The summed E-state index contributed by atoms with van der Waals surface area (Å²) in [5, 5.41) is 2.75. The molecule has 0 unspecified atom stereocenters. The zero-order chi connectivity index (χ0) is 22.0. The highest BCUT2D eigenvalue weighted by Crippen LogP contribution is 2.58. The maximum atomic E-state index is 15.0. The molecule has 0 radical (unpaired) electrons. The second-order valence-electron chi connectivity index (χ2n) is 9.48. The lowest BCUT2D eigenvalue weighted by atomic mass is 9.92. The van der Waals surface area contributed by atoms with Gasteiger partial charge in [-0.1, -0.05) is 24.3 Å². The van der Waals surface area contributed by atoms with Gasteiger partial charge in [0.25, 0.3) is 5.91 Å². The average molecular weight is 429 g/mol. The number of nitrogen functional groups attached to an aromatic ring is 1. The van der Waals surface area contributed by atoms with Crippen LogP contribution in [-0.2, 0) is 11.8 Å². The largest absolute Gasteiger partial charge is 0.383 e. The Morgan fingerprint density at radius 3 is 2.69 bits per heavy atom. The van der Waals surface area contributed by atoms with Crippen molar-refractivity contribution in [2.75, 3.05) is 32.4 Å². The van der Waals surface area contributed by atoms with Crippen LogP contribution in [0.3, 0.4) is 0 Å². The van der Waals surface area contributed by atoms with E-state index >= 15 is 0 Å². The van der Waals surface area contributed by atoms with E-state index in [1.807, 2.05) is 6.07 Å². The van der Waals surface area contributed by atoms with Crippen molar-refractivity contribution < 1.29 is 9.18 Å². The van der Waals surface area contributed by atoms with E-state index in [1.54, 1.807) is 12.3 Å². The molecule has 2 atom stereocenters. The number of piperidine rings is 1. The van der Waals surface area contributed by atoms with E-state index in [-0.39, 0.29) is 11.7 Å². The van der Waals surface area contributed by atoms with Crippen molar-refractivity contribution in [3.8, 4) is 22.3 Å². The molecule has 3 aromatic rings. The first-order valence-corrected chi connectivity index (χ1v) is 11.1. The highest BCUT2D eigenvalue weighted by atomic mass is 19.1. The van der Waals surface area contributed by atoms with Gasteiger partial charge in [-0.05, 0) is 60.7 Å². The smallest absolute Gasteiger partial charge is 0.251 e. The predicted octanol–water partition coefficient (Wildman–Crippen LogP) is 3.63. The van der Waals surface area contributed by atoms with Crippen LogP contribution in [0.5, 0.6) is 0 Å². The van der Waals surface area contributed by atoms with Crippen molar-refractivity contribution in [2.24, 2.45) is 5.92 Å². The van der Waals surface area contributed by atoms with E-state index in [4.69, 9.17) is 5.73 Å². The molecule has 0 bridgehead atoms. The van der Waals surface area contributed by atoms with Crippen LogP contribution in [0.2, 0.25) is 0 Å². The minimum absolute atomic E-state index is 0.234. The molecule has 2 aromatic carbocycles. The van der Waals surface area contributed by atoms with E-state index in [1.165, 1.54) is 24.6 Å². The summed E-state index contributed by atoms with van der Waals surface area (Å²) in [6.45, 7) is 2.86. The molecule has 1 amide bonds. The van der Waals surface area contributed by atoms with E-state index in [9.17, 15) is 9.18 Å². The second-order valence-corrected chi connectivity index (χ2v) is 9.48. The summed E-state index contributed by atoms with van der Waals surface area (Å²) in [6.07, 6.45) is 3.68. The number of fused-ring (bicyclic) bond motifs is 2. The monoisotopic (exact) mass is 428 g/mol. The number of aromatic nitrogens is 1. The fourth-order valence-corrected chi connectivity index (χ4v) is 5.67. The number of likely N-dealkylation sites (tertiary alicyclic amines) is 1. The summed E-state index contributed by atoms with van der Waals surface area (Å²) < 4.78 is 15.0. The molecule has 6 heteroatoms. The quantitative estimate of drug-likeness (QED) is 0.668. The SMILES string of the molecule is CN1C[C@H]2C[C@@]2(c2ccc(-c3cnc(N)c(-c4cc5c(cc4F)C(=O)NCC5)c3)cc2)C1. The van der Waals surface area contributed by atoms with Crippen molar-refractivity contribution in [1.29, 1.82) is 0 Å². The van der Waals surface area contributed by atoms with Crippen molar-refractivity contribution in [3.63, 3.8) is 0 Å². The summed E-state index contributed by atoms with van der Waals surface area (Å²) in [5.74, 6) is 0.351. The van der Waals surface area contributed by atoms with Crippen LogP contribution >= 0.6 is 0 Å². The summed E-state index contributed by atoms with van der Waals surface area (Å²) in [7, 11) is 2.19. The fraction of sp³-hybridized carbons (Fsp3) is 0.308. The molecule has 3 heterocycles. The van der Waals surface area contributed by atoms with Gasteiger partial charge in [0.15, 0.2) is 0 Å². The summed E-state index contributed by atoms with van der Waals surface area (Å²) in [4.78, 5) is 18.8. The van der Waals surface area contributed by atoms with Crippen LogP contribution < -0.4 is 11.1 Å². The average Bonchev–Trinajstić information content (AvgIpc) is 3.36. The van der Waals surface area contributed by atoms with Gasteiger partial charge < -0.3 is 16.0 Å². The Hall–Kier alpha value is -3.25. The first-order chi connectivity index (χ1) is 15.4. The van der Waals surface area contributed by atoms with Crippen LogP contribution in [0.15, 0.2) is 48.7 Å². The molecule has 1 aromatic heterocycles. The highest BCUT2D eigenvalue weighted by Gasteiger charge is 2.59. The van der Waals surface area contributed by atoms with Crippen LogP contribution in [0.1, 0.15) is 27.9 Å². The number of nitrogens with two attached hydrogens (primary N) is 1. The Balaban J connectivity index is 1.36. The number of carbonyl (C=O) groups excluding carboxylic acids is 1. The minimum Gasteiger partial charge on any atom is -0.383 e. The molecule has 6 rings (SSSR count). The van der Waals surface area contributed by atoms with Gasteiger partial charge in [-0.25, -0.2) is 9.37 Å². The molecule has 2 fully saturated rings. The lowest BCUT2D eigenvalue weighted by Gasteiger charge is -2.19. The number of rotatable bonds is 3. The molecule has 3 N–H and O–H groups in total. The Morgan fingerprint density at radius 2 is 1.94 bits per heavy atom. The lowest BCUT2D eigenvalue weighted by Crippen LogP contribution is -2.32. The van der Waals surface area contributed by atoms with Gasteiger partial charge in [0.1, 0.15) is 11.6 Å². The Kier molecular flexibility index (Phi) is 4.17. The van der Waals surface area contributed by atoms with E-state index in [2.05, 4.69) is 46.5 Å². The van der Waals surface area contributed by atoms with Gasteiger partial charge >= 0.3 is 0 Å². The Labute approximate surface area is 186 Å². The second kappa shape index (κ2) is 6.87. The van der Waals surface area contributed by atoms with E-state index in [0.29, 0.717) is 35.1 Å². The van der Waals surface area contributed by atoms with Gasteiger partial charge in [0.2, 0.25) is 0 Å². The summed E-state index contributed by atoms with van der Waals surface area (Å²) in [5.41, 5.74) is 12.0. The number of nitrogens with one attached hydrogen (secondary N) is 1. The molecule has 32 heavy (non-hydrogen) atoms. The lowest BCUT2D eigenvalue weighted by molar-refractivity contribution is 0.0945. The number of anilines is 1. The van der Waals surface area contributed by atoms with Gasteiger partial charge in [0.05, 0.1) is 0 Å². The molecule has 1 saturated heterocycles. The van der Waals surface area contributed by atoms with Crippen LogP contribution in [0.25, 0.3) is 22.3 Å². The van der Waals surface area contributed by atoms with E-state index < -0.39 is 5.82 Å². The van der Waals surface area contributed by atoms with Gasteiger partial charge in [-0.2, -0.15) is 0 Å². The standard InChI is InChI=1S/C26H25FN4O/c1-31-13-19-11-26(19,14-31)18-4-2-15(3-5-18)17-9-22(24(28)30-12-17)21-8-16-6-7-29-25(32)20(16)10-23(21)27/h2-5,8-10,12,19H,6-7,11,13-14H2,1H3,(H2,28,30)(H,29,32)/t19-,26+/m1/s1. The van der Waals surface area contributed by atoms with Gasteiger partial charge in [-0.3, -0.25) is 4.79 Å². The maximum absolute atomic E-state index is 15.0. The topological polar surface area (TPSA) is 71.2 Å². The van der Waals surface area contributed by atoms with Crippen molar-refractivity contribution in [1.82, 2.24) is 15.2 Å².